The van der Waals surface area contributed by atoms with Gasteiger partial charge in [0.2, 0.25) is 0 Å². The third-order valence-electron chi connectivity index (χ3n) is 3.51. The van der Waals surface area contributed by atoms with E-state index in [0.717, 1.165) is 24.5 Å². The molecule has 0 aliphatic rings. The van der Waals surface area contributed by atoms with Gasteiger partial charge >= 0.3 is 0 Å². The van der Waals surface area contributed by atoms with Gasteiger partial charge in [0.15, 0.2) is 17.5 Å². The van der Waals surface area contributed by atoms with Crippen molar-refractivity contribution in [1.82, 2.24) is 10.6 Å². The second-order valence-electron chi connectivity index (χ2n) is 5.22. The number of hydrogen-bond acceptors (Lipinski definition) is 4. The minimum Gasteiger partial charge on any atom is -0.493 e. The number of nitrogens with one attached hydrogen (secondary N) is 2. The van der Waals surface area contributed by atoms with E-state index in [1.54, 1.807) is 25.5 Å². The van der Waals surface area contributed by atoms with Gasteiger partial charge in [0.25, 0.3) is 0 Å². The zero-order valence-corrected chi connectivity index (χ0v) is 19.1. The van der Waals surface area contributed by atoms with Gasteiger partial charge in [-0.05, 0) is 42.5 Å². The Morgan fingerprint density at radius 3 is 2.73 bits per heavy atom. The molecule has 0 fully saturated rings. The monoisotopic (exact) mass is 509 g/mol. The van der Waals surface area contributed by atoms with Crippen LogP contribution in [0.4, 0.5) is 0 Å². The molecule has 26 heavy (non-hydrogen) atoms. The Bertz CT molecular complexity index is 696. The lowest BCUT2D eigenvalue weighted by Crippen LogP contribution is -2.37. The number of halogens is 2. The van der Waals surface area contributed by atoms with E-state index in [0.29, 0.717) is 29.7 Å². The van der Waals surface area contributed by atoms with Gasteiger partial charge in [-0.1, -0.05) is 17.7 Å². The van der Waals surface area contributed by atoms with E-state index in [4.69, 9.17) is 21.1 Å². The fourth-order valence-corrected chi connectivity index (χ4v) is 3.32. The molecule has 0 radical (unpaired) electrons. The summed E-state index contributed by atoms with van der Waals surface area (Å²) < 4.78 is 10.9. The third kappa shape index (κ3) is 6.85. The van der Waals surface area contributed by atoms with Crippen molar-refractivity contribution in [1.29, 1.82) is 0 Å². The van der Waals surface area contributed by atoms with Crippen LogP contribution >= 0.6 is 46.9 Å². The maximum atomic E-state index is 6.30. The Hall–Kier alpha value is -1.19. The predicted molar refractivity (Wildman–Crippen MR) is 121 cm³/mol. The Balaban J connectivity index is 0.00000338. The fourth-order valence-electron chi connectivity index (χ4n) is 2.33. The standard InChI is InChI=1S/C18H24ClN3O2S.HI/c1-4-24-17-15(19)10-13(11-16(17)23-3)12-22-18(20-2)21-8-7-14-6-5-9-25-14;/h5-6,9-11H,4,7-8,12H2,1-3H3,(H2,20,21,22);1H. The van der Waals surface area contributed by atoms with E-state index < -0.39 is 0 Å². The first kappa shape index (κ1) is 22.9. The van der Waals surface area contributed by atoms with Crippen molar-refractivity contribution in [3.05, 3.63) is 45.1 Å². The second kappa shape index (κ2) is 12.2. The van der Waals surface area contributed by atoms with E-state index in [2.05, 4.69) is 33.1 Å². The molecule has 0 aliphatic carbocycles. The van der Waals surface area contributed by atoms with Gasteiger partial charge in [-0.15, -0.1) is 35.3 Å². The summed E-state index contributed by atoms with van der Waals surface area (Å²) in [5.41, 5.74) is 0.992. The molecule has 2 aromatic rings. The molecule has 0 unspecified atom stereocenters. The normalized spacial score (nSPS) is 10.8. The molecule has 1 heterocycles. The highest BCUT2D eigenvalue weighted by molar-refractivity contribution is 14.0. The topological polar surface area (TPSA) is 54.9 Å². The molecule has 2 N–H and O–H groups in total. The third-order valence-corrected chi connectivity index (χ3v) is 4.72. The van der Waals surface area contributed by atoms with Gasteiger partial charge in [0.05, 0.1) is 18.7 Å². The first-order chi connectivity index (χ1) is 12.2. The number of thiophene rings is 1. The molecule has 0 spiro atoms. The van der Waals surface area contributed by atoms with Crippen LogP contribution in [0.15, 0.2) is 34.6 Å². The summed E-state index contributed by atoms with van der Waals surface area (Å²) in [5, 5.41) is 9.22. The van der Waals surface area contributed by atoms with Crippen molar-refractivity contribution in [2.45, 2.75) is 19.9 Å². The van der Waals surface area contributed by atoms with Crippen LogP contribution in [0.25, 0.3) is 0 Å². The Morgan fingerprint density at radius 2 is 2.12 bits per heavy atom. The number of guanidine groups is 1. The molecule has 0 atom stereocenters. The van der Waals surface area contributed by atoms with Crippen molar-refractivity contribution >= 4 is 52.9 Å². The molecular formula is C18H25ClIN3O2S. The summed E-state index contributed by atoms with van der Waals surface area (Å²) >= 11 is 8.07. The molecule has 5 nitrogen and oxygen atoms in total. The number of benzene rings is 1. The molecule has 0 bridgehead atoms. The first-order valence-corrected chi connectivity index (χ1v) is 9.39. The summed E-state index contributed by atoms with van der Waals surface area (Å²) in [4.78, 5) is 5.60. The average Bonchev–Trinajstić information content (AvgIpc) is 3.13. The minimum atomic E-state index is 0. The van der Waals surface area contributed by atoms with E-state index in [9.17, 15) is 0 Å². The number of methoxy groups -OCH3 is 1. The van der Waals surface area contributed by atoms with Gasteiger partial charge in [-0.25, -0.2) is 0 Å². The van der Waals surface area contributed by atoms with Gasteiger partial charge in [-0.2, -0.15) is 0 Å². The Labute approximate surface area is 181 Å². The highest BCUT2D eigenvalue weighted by atomic mass is 127. The van der Waals surface area contributed by atoms with Crippen LogP contribution in [0, 0.1) is 0 Å². The molecule has 1 aromatic heterocycles. The Kier molecular flexibility index (Phi) is 10.8. The number of ether oxygens (including phenoxy) is 2. The molecular weight excluding hydrogens is 485 g/mol. The van der Waals surface area contributed by atoms with Crippen LogP contribution in [-0.4, -0.2) is 33.3 Å². The zero-order chi connectivity index (χ0) is 18.1. The zero-order valence-electron chi connectivity index (χ0n) is 15.2. The van der Waals surface area contributed by atoms with Crippen LogP contribution in [0.5, 0.6) is 11.5 Å². The van der Waals surface area contributed by atoms with Crippen molar-refractivity contribution in [3.63, 3.8) is 0 Å². The summed E-state index contributed by atoms with van der Waals surface area (Å²) in [6.07, 6.45) is 0.973. The molecule has 0 saturated carbocycles. The lowest BCUT2D eigenvalue weighted by Gasteiger charge is -2.15. The Morgan fingerprint density at radius 1 is 1.31 bits per heavy atom. The van der Waals surface area contributed by atoms with Gasteiger partial charge < -0.3 is 20.1 Å². The minimum absolute atomic E-state index is 0. The summed E-state index contributed by atoms with van der Waals surface area (Å²) in [6.45, 7) is 3.86. The maximum Gasteiger partial charge on any atom is 0.191 e. The summed E-state index contributed by atoms with van der Waals surface area (Å²) in [5.74, 6) is 1.96. The van der Waals surface area contributed by atoms with Crippen molar-refractivity contribution in [2.24, 2.45) is 4.99 Å². The molecule has 0 aliphatic heterocycles. The molecule has 1 aromatic carbocycles. The van der Waals surface area contributed by atoms with E-state index in [1.165, 1.54) is 4.88 Å². The average molecular weight is 510 g/mol. The highest BCUT2D eigenvalue weighted by Gasteiger charge is 2.12. The number of nitrogens with zero attached hydrogens (tertiary/aromatic N) is 1. The largest absolute Gasteiger partial charge is 0.493 e. The van der Waals surface area contributed by atoms with Crippen LogP contribution < -0.4 is 20.1 Å². The van der Waals surface area contributed by atoms with Gasteiger partial charge in [0, 0.05) is 25.0 Å². The van der Waals surface area contributed by atoms with Gasteiger partial charge in [-0.3, -0.25) is 4.99 Å². The molecule has 8 heteroatoms. The molecule has 0 amide bonds. The van der Waals surface area contributed by atoms with Crippen molar-refractivity contribution in [3.8, 4) is 11.5 Å². The van der Waals surface area contributed by atoms with Crippen LogP contribution in [-0.2, 0) is 13.0 Å². The SMILES string of the molecule is CCOc1c(Cl)cc(CNC(=NC)NCCc2cccs2)cc1OC.I. The molecule has 2 rings (SSSR count). The first-order valence-electron chi connectivity index (χ1n) is 8.14. The van der Waals surface area contributed by atoms with Gasteiger partial charge in [0.1, 0.15) is 0 Å². The lowest BCUT2D eigenvalue weighted by atomic mass is 10.2. The highest BCUT2D eigenvalue weighted by Crippen LogP contribution is 2.36. The molecule has 144 valence electrons. The van der Waals surface area contributed by atoms with E-state index in [-0.39, 0.29) is 24.0 Å². The number of rotatable bonds is 8. The van der Waals surface area contributed by atoms with E-state index >= 15 is 0 Å². The molecule has 0 saturated heterocycles. The quantitative estimate of drug-likeness (QED) is 0.316. The number of hydrogen-bond donors (Lipinski definition) is 2. The van der Waals surface area contributed by atoms with Crippen LogP contribution in [0.2, 0.25) is 5.02 Å². The van der Waals surface area contributed by atoms with Crippen LogP contribution in [0.1, 0.15) is 17.4 Å². The second-order valence-corrected chi connectivity index (χ2v) is 6.66. The smallest absolute Gasteiger partial charge is 0.191 e. The van der Waals surface area contributed by atoms with Crippen molar-refractivity contribution in [2.75, 3.05) is 27.3 Å². The predicted octanol–water partition coefficient (Wildman–Crippen LogP) is 4.33. The number of aliphatic imine (C=N–C) groups is 1. The summed E-state index contributed by atoms with van der Waals surface area (Å²) in [6, 6.07) is 8.00. The van der Waals surface area contributed by atoms with Crippen LogP contribution in [0.3, 0.4) is 0 Å². The van der Waals surface area contributed by atoms with Crippen molar-refractivity contribution < 1.29 is 9.47 Å². The fraction of sp³-hybridized carbons (Fsp3) is 0.389. The lowest BCUT2D eigenvalue weighted by molar-refractivity contribution is 0.311. The van der Waals surface area contributed by atoms with E-state index in [1.807, 2.05) is 19.1 Å². The maximum absolute atomic E-state index is 6.30. The summed E-state index contributed by atoms with van der Waals surface area (Å²) in [7, 11) is 3.36.